The lowest BCUT2D eigenvalue weighted by atomic mass is 9.70. The monoisotopic (exact) mass is 434 g/mol. The van der Waals surface area contributed by atoms with E-state index in [1.165, 1.54) is 0 Å². The summed E-state index contributed by atoms with van der Waals surface area (Å²) in [5, 5.41) is 1.28. The number of hydrogen-bond acceptors (Lipinski definition) is 5. The SMILES string of the molecule is CC(C)C(=O)C[S+](C(C)C)C(C)C.CC1(C)C2CCC1(CS(=O)(=O)[O-])C(=O)C2. The van der Waals surface area contributed by atoms with Gasteiger partial charge >= 0.3 is 0 Å². The molecular formula is C21H38O5S2. The molecule has 2 bridgehead atoms. The van der Waals surface area contributed by atoms with Gasteiger partial charge in [-0.1, -0.05) is 27.7 Å². The van der Waals surface area contributed by atoms with Crippen molar-refractivity contribution in [1.82, 2.24) is 0 Å². The van der Waals surface area contributed by atoms with Gasteiger partial charge in [0.15, 0.2) is 11.5 Å². The van der Waals surface area contributed by atoms with Gasteiger partial charge in [0.2, 0.25) is 0 Å². The van der Waals surface area contributed by atoms with Gasteiger partial charge in [-0.05, 0) is 62.8 Å². The van der Waals surface area contributed by atoms with E-state index in [2.05, 4.69) is 27.7 Å². The van der Waals surface area contributed by atoms with E-state index in [4.69, 9.17) is 0 Å². The maximum absolute atomic E-state index is 11.8. The zero-order chi connectivity index (χ0) is 22.1. The zero-order valence-corrected chi connectivity index (χ0v) is 20.3. The lowest BCUT2D eigenvalue weighted by Gasteiger charge is -2.37. The van der Waals surface area contributed by atoms with E-state index < -0.39 is 21.3 Å². The molecule has 2 fully saturated rings. The Morgan fingerprint density at radius 2 is 1.64 bits per heavy atom. The Morgan fingerprint density at radius 1 is 1.14 bits per heavy atom. The molecule has 164 valence electrons. The first-order valence-electron chi connectivity index (χ1n) is 10.2. The predicted octanol–water partition coefficient (Wildman–Crippen LogP) is 3.57. The third kappa shape index (κ3) is 5.60. The van der Waals surface area contributed by atoms with Crippen LogP contribution in [0.1, 0.15) is 74.7 Å². The van der Waals surface area contributed by atoms with Crippen molar-refractivity contribution in [3.8, 4) is 0 Å². The van der Waals surface area contributed by atoms with Crippen molar-refractivity contribution in [3.63, 3.8) is 0 Å². The second-order valence-corrected chi connectivity index (χ2v) is 14.2. The van der Waals surface area contributed by atoms with Crippen LogP contribution < -0.4 is 0 Å². The van der Waals surface area contributed by atoms with Gasteiger partial charge in [-0.15, -0.1) is 0 Å². The van der Waals surface area contributed by atoms with Crippen LogP contribution in [0.2, 0.25) is 0 Å². The molecule has 2 aliphatic carbocycles. The molecular weight excluding hydrogens is 396 g/mol. The first-order valence-corrected chi connectivity index (χ1v) is 13.3. The highest BCUT2D eigenvalue weighted by molar-refractivity contribution is 7.98. The average Bonchev–Trinajstić information content (AvgIpc) is 2.84. The third-order valence-corrected chi connectivity index (χ3v) is 10.6. The molecule has 2 aliphatic rings. The largest absolute Gasteiger partial charge is 0.748 e. The van der Waals surface area contributed by atoms with Crippen molar-refractivity contribution in [3.05, 3.63) is 0 Å². The van der Waals surface area contributed by atoms with Gasteiger partial charge in [-0.2, -0.15) is 0 Å². The average molecular weight is 435 g/mol. The minimum absolute atomic E-state index is 0.0248. The van der Waals surface area contributed by atoms with Crippen molar-refractivity contribution in [2.75, 3.05) is 11.5 Å². The van der Waals surface area contributed by atoms with Gasteiger partial charge < -0.3 is 4.55 Å². The molecule has 0 aromatic heterocycles. The molecule has 0 radical (unpaired) electrons. The predicted molar refractivity (Wildman–Crippen MR) is 115 cm³/mol. The highest BCUT2D eigenvalue weighted by Crippen LogP contribution is 2.64. The highest BCUT2D eigenvalue weighted by Gasteiger charge is 2.64. The van der Waals surface area contributed by atoms with E-state index in [9.17, 15) is 22.6 Å². The smallest absolute Gasteiger partial charge is 0.184 e. The Bertz CT molecular complexity index is 671. The minimum Gasteiger partial charge on any atom is -0.748 e. The normalized spacial score (nSPS) is 26.3. The van der Waals surface area contributed by atoms with E-state index in [1.807, 2.05) is 27.7 Å². The second kappa shape index (κ2) is 9.17. The molecule has 0 spiro atoms. The summed E-state index contributed by atoms with van der Waals surface area (Å²) >= 11 is 0. The molecule has 7 heteroatoms. The molecule has 0 aromatic rings. The molecule has 2 unspecified atom stereocenters. The maximum atomic E-state index is 11.8. The molecule has 28 heavy (non-hydrogen) atoms. The summed E-state index contributed by atoms with van der Waals surface area (Å²) in [4.78, 5) is 23.4. The standard InChI is InChI=1S/C11H23OS.C10H16O4S/c1-8(2)11(12)7-13(9(3)4)10(5)6;1-9(2)7-3-4-10(9,8(11)5-7)6-15(12,13)14/h8-10H,7H2,1-6H3;7H,3-6H2,1-2H3,(H,12,13,14)/q+1;/p-1. The maximum Gasteiger partial charge on any atom is 0.184 e. The van der Waals surface area contributed by atoms with E-state index in [0.717, 1.165) is 12.2 Å². The molecule has 0 N–H and O–H groups in total. The number of fused-ring (bicyclic) bond motifs is 2. The van der Waals surface area contributed by atoms with Crippen LogP contribution >= 0.6 is 0 Å². The summed E-state index contributed by atoms with van der Waals surface area (Å²) in [7, 11) is -4.05. The van der Waals surface area contributed by atoms with Gasteiger partial charge in [0.1, 0.15) is 16.3 Å². The van der Waals surface area contributed by atoms with Crippen LogP contribution in [0.3, 0.4) is 0 Å². The topological polar surface area (TPSA) is 91.3 Å². The number of Topliss-reactive ketones (excluding diaryl/α,β-unsaturated/α-hetero) is 2. The lowest BCUT2D eigenvalue weighted by molar-refractivity contribution is -0.128. The molecule has 0 aromatic carbocycles. The van der Waals surface area contributed by atoms with E-state index in [-0.39, 0.29) is 33.9 Å². The van der Waals surface area contributed by atoms with Gasteiger partial charge in [0.25, 0.3) is 0 Å². The fourth-order valence-electron chi connectivity index (χ4n) is 4.62. The Balaban J connectivity index is 0.000000284. The van der Waals surface area contributed by atoms with Gasteiger partial charge in [-0.25, -0.2) is 8.42 Å². The van der Waals surface area contributed by atoms with Crippen LogP contribution in [0.4, 0.5) is 0 Å². The van der Waals surface area contributed by atoms with E-state index in [1.54, 1.807) is 0 Å². The summed E-state index contributed by atoms with van der Waals surface area (Å²) < 4.78 is 32.7. The van der Waals surface area contributed by atoms with Gasteiger partial charge in [-0.3, -0.25) is 9.59 Å². The lowest BCUT2D eigenvalue weighted by Crippen LogP contribution is -2.42. The first-order chi connectivity index (χ1) is 12.5. The molecule has 0 amide bonds. The fourth-order valence-corrected chi connectivity index (χ4v) is 8.32. The summed E-state index contributed by atoms with van der Waals surface area (Å²) in [6.45, 7) is 16.7. The van der Waals surface area contributed by atoms with Crippen molar-refractivity contribution >= 4 is 32.6 Å². The molecule has 2 saturated carbocycles. The van der Waals surface area contributed by atoms with Gasteiger partial charge in [0.05, 0.1) is 15.9 Å². The fraction of sp³-hybridized carbons (Fsp3) is 0.905. The molecule has 0 saturated heterocycles. The van der Waals surface area contributed by atoms with Crippen LogP contribution in [0, 0.1) is 22.7 Å². The number of carbonyl (C=O) groups excluding carboxylic acids is 2. The Labute approximate surface area is 174 Å². The Kier molecular flexibility index (Phi) is 8.40. The molecule has 0 aliphatic heterocycles. The van der Waals surface area contributed by atoms with Crippen LogP contribution in [-0.2, 0) is 30.6 Å². The quantitative estimate of drug-likeness (QED) is 0.451. The summed E-state index contributed by atoms with van der Waals surface area (Å²) in [5.41, 5.74) is -1.22. The second-order valence-electron chi connectivity index (χ2n) is 9.70. The highest BCUT2D eigenvalue weighted by atomic mass is 32.2. The van der Waals surface area contributed by atoms with Crippen LogP contribution in [0.25, 0.3) is 0 Å². The summed E-state index contributed by atoms with van der Waals surface area (Å²) in [6.07, 6.45) is 1.88. The van der Waals surface area contributed by atoms with E-state index in [0.29, 0.717) is 29.1 Å². The van der Waals surface area contributed by atoms with Crippen molar-refractivity contribution in [2.45, 2.75) is 85.2 Å². The minimum atomic E-state index is -4.33. The first kappa shape index (κ1) is 25.6. The van der Waals surface area contributed by atoms with Gasteiger partial charge in [0, 0.05) is 17.8 Å². The van der Waals surface area contributed by atoms with Crippen LogP contribution in [0.5, 0.6) is 0 Å². The number of hydrogen-bond donors (Lipinski definition) is 0. The number of rotatable bonds is 7. The molecule has 2 atom stereocenters. The van der Waals surface area contributed by atoms with Crippen LogP contribution in [0.15, 0.2) is 0 Å². The van der Waals surface area contributed by atoms with E-state index >= 15 is 0 Å². The Morgan fingerprint density at radius 3 is 1.93 bits per heavy atom. The van der Waals surface area contributed by atoms with Crippen molar-refractivity contribution < 1.29 is 22.6 Å². The van der Waals surface area contributed by atoms with Crippen molar-refractivity contribution in [2.24, 2.45) is 22.7 Å². The third-order valence-electron chi connectivity index (χ3n) is 6.73. The van der Waals surface area contributed by atoms with Crippen LogP contribution in [-0.4, -0.2) is 46.5 Å². The number of carbonyl (C=O) groups is 2. The molecule has 5 nitrogen and oxygen atoms in total. The molecule has 2 rings (SSSR count). The molecule has 0 heterocycles. The number of ketones is 2. The Hall–Kier alpha value is -0.400. The summed E-state index contributed by atoms with van der Waals surface area (Å²) in [6, 6.07) is 0. The zero-order valence-electron chi connectivity index (χ0n) is 18.7. The van der Waals surface area contributed by atoms with Crippen molar-refractivity contribution in [1.29, 1.82) is 0 Å². The summed E-state index contributed by atoms with van der Waals surface area (Å²) in [5.74, 6) is 1.13.